The summed E-state index contributed by atoms with van der Waals surface area (Å²) >= 11 is 0. The highest BCUT2D eigenvalue weighted by atomic mass is 16.6. The summed E-state index contributed by atoms with van der Waals surface area (Å²) in [5.41, 5.74) is 1.21. The summed E-state index contributed by atoms with van der Waals surface area (Å²) in [6.07, 6.45) is 14.9. The van der Waals surface area contributed by atoms with Crippen molar-refractivity contribution in [2.24, 2.45) is 17.8 Å². The second-order valence-corrected chi connectivity index (χ2v) is 9.42. The van der Waals surface area contributed by atoms with Crippen LogP contribution >= 0.6 is 0 Å². The molecule has 164 valence electrons. The largest absolute Gasteiger partial charge is 0.487 e. The molecule has 0 N–H and O–H groups in total. The van der Waals surface area contributed by atoms with Gasteiger partial charge in [-0.15, -0.1) is 0 Å². The molecule has 28 heavy (non-hydrogen) atoms. The summed E-state index contributed by atoms with van der Waals surface area (Å²) in [6, 6.07) is 0. The molecule has 1 aliphatic rings. The summed E-state index contributed by atoms with van der Waals surface area (Å²) in [5.74, 6) is 1.44. The van der Waals surface area contributed by atoms with E-state index in [4.69, 9.17) is 9.47 Å². The molecule has 4 unspecified atom stereocenters. The molecule has 1 saturated carbocycles. The van der Waals surface area contributed by atoms with Crippen LogP contribution in [0.1, 0.15) is 112 Å². The topological polar surface area (TPSA) is 35.5 Å². The molecule has 0 aromatic heterocycles. The van der Waals surface area contributed by atoms with E-state index in [2.05, 4.69) is 34.6 Å². The first-order valence-corrected chi connectivity index (χ1v) is 11.9. The number of allylic oxidation sites excluding steroid dienone is 1. The number of hydrogen-bond donors (Lipinski definition) is 0. The lowest BCUT2D eigenvalue weighted by Gasteiger charge is -2.37. The highest BCUT2D eigenvalue weighted by Crippen LogP contribution is 2.35. The van der Waals surface area contributed by atoms with Gasteiger partial charge < -0.3 is 9.47 Å². The molecule has 0 saturated heterocycles. The van der Waals surface area contributed by atoms with Gasteiger partial charge in [0.25, 0.3) is 0 Å². The molecule has 0 amide bonds. The predicted molar refractivity (Wildman–Crippen MR) is 118 cm³/mol. The van der Waals surface area contributed by atoms with Gasteiger partial charge in [-0.3, -0.25) is 0 Å². The van der Waals surface area contributed by atoms with Crippen LogP contribution in [-0.2, 0) is 14.3 Å². The van der Waals surface area contributed by atoms with Gasteiger partial charge in [0, 0.05) is 0 Å². The quantitative estimate of drug-likeness (QED) is 0.185. The highest BCUT2D eigenvalue weighted by molar-refractivity contribution is 5.74. The lowest BCUT2D eigenvalue weighted by Crippen LogP contribution is -2.38. The second kappa shape index (κ2) is 14.1. The van der Waals surface area contributed by atoms with Gasteiger partial charge in [0.1, 0.15) is 6.10 Å². The average Bonchev–Trinajstić information content (AvgIpc) is 2.65. The molecule has 0 aromatic rings. The van der Waals surface area contributed by atoms with Crippen LogP contribution < -0.4 is 0 Å². The Hall–Kier alpha value is -0.990. The molecule has 3 heteroatoms. The van der Waals surface area contributed by atoms with Crippen molar-refractivity contribution in [3.63, 3.8) is 0 Å². The minimum atomic E-state index is -0.533. The third kappa shape index (κ3) is 9.98. The monoisotopic (exact) mass is 394 g/mol. The molecular weight excluding hydrogens is 348 g/mol. The number of rotatable bonds is 13. The minimum Gasteiger partial charge on any atom is -0.487 e. The average molecular weight is 395 g/mol. The number of carbonyl (C=O) groups is 1. The fraction of sp³-hybridized carbons (Fsp3) is 0.880. The minimum absolute atomic E-state index is 0.0417. The van der Waals surface area contributed by atoms with E-state index in [-0.39, 0.29) is 12.1 Å². The smallest absolute Gasteiger partial charge is 0.347 e. The molecule has 3 nitrogen and oxygen atoms in total. The maximum atomic E-state index is 12.5. The molecular formula is C25H46O3. The Morgan fingerprint density at radius 2 is 1.68 bits per heavy atom. The fourth-order valence-corrected chi connectivity index (χ4v) is 4.19. The SMILES string of the molecule is CCCCCCCCCC(C)=COC(C)C(=O)OC1CC(C)CCC1C(C)C. The Kier molecular flexibility index (Phi) is 12.6. The molecule has 0 radical (unpaired) electrons. The summed E-state index contributed by atoms with van der Waals surface area (Å²) in [6.45, 7) is 12.9. The molecule has 1 aliphatic carbocycles. The van der Waals surface area contributed by atoms with Gasteiger partial charge in [-0.2, -0.15) is 0 Å². The zero-order chi connectivity index (χ0) is 20.9. The Balaban J connectivity index is 2.31. The van der Waals surface area contributed by atoms with Gasteiger partial charge in [0.15, 0.2) is 6.10 Å². The van der Waals surface area contributed by atoms with Crippen LogP contribution in [0.3, 0.4) is 0 Å². The van der Waals surface area contributed by atoms with Crippen molar-refractivity contribution in [2.45, 2.75) is 124 Å². The van der Waals surface area contributed by atoms with E-state index in [1.807, 2.05) is 0 Å². The molecule has 0 aromatic carbocycles. The van der Waals surface area contributed by atoms with Gasteiger partial charge in [0.05, 0.1) is 6.26 Å². The molecule has 1 fully saturated rings. The van der Waals surface area contributed by atoms with Crippen molar-refractivity contribution < 1.29 is 14.3 Å². The summed E-state index contributed by atoms with van der Waals surface area (Å²) in [7, 11) is 0. The van der Waals surface area contributed by atoms with Crippen LogP contribution in [-0.4, -0.2) is 18.2 Å². The van der Waals surface area contributed by atoms with E-state index in [1.165, 1.54) is 56.9 Å². The van der Waals surface area contributed by atoms with Crippen molar-refractivity contribution >= 4 is 5.97 Å². The van der Waals surface area contributed by atoms with Gasteiger partial charge in [-0.05, 0) is 62.9 Å². The van der Waals surface area contributed by atoms with Crippen LogP contribution in [0.15, 0.2) is 11.8 Å². The normalized spacial score (nSPS) is 24.2. The standard InChI is InChI=1S/C25H46O3/c1-7-8-9-10-11-12-13-14-21(5)18-27-22(6)25(26)28-24-17-20(4)15-16-23(24)19(2)3/h18-20,22-24H,7-17H2,1-6H3. The summed E-state index contributed by atoms with van der Waals surface area (Å²) in [4.78, 5) is 12.5. The lowest BCUT2D eigenvalue weighted by molar-refractivity contribution is -0.165. The van der Waals surface area contributed by atoms with Crippen molar-refractivity contribution in [1.29, 1.82) is 0 Å². The zero-order valence-electron chi connectivity index (χ0n) is 19.5. The molecule has 0 aliphatic heterocycles. The predicted octanol–water partition coefficient (Wildman–Crippen LogP) is 7.44. The maximum Gasteiger partial charge on any atom is 0.347 e. The third-order valence-corrected chi connectivity index (χ3v) is 6.21. The van der Waals surface area contributed by atoms with Crippen LogP contribution in [0, 0.1) is 17.8 Å². The summed E-state index contributed by atoms with van der Waals surface area (Å²) in [5, 5.41) is 0. The van der Waals surface area contributed by atoms with E-state index < -0.39 is 6.10 Å². The maximum absolute atomic E-state index is 12.5. The van der Waals surface area contributed by atoms with Crippen molar-refractivity contribution in [3.8, 4) is 0 Å². The van der Waals surface area contributed by atoms with Crippen LogP contribution in [0.25, 0.3) is 0 Å². The number of carbonyl (C=O) groups excluding carboxylic acids is 1. The van der Waals surface area contributed by atoms with Crippen molar-refractivity contribution in [1.82, 2.24) is 0 Å². The number of esters is 1. The molecule has 0 heterocycles. The lowest BCUT2D eigenvalue weighted by atomic mass is 9.75. The second-order valence-electron chi connectivity index (χ2n) is 9.42. The Morgan fingerprint density at radius 3 is 2.32 bits per heavy atom. The number of unbranched alkanes of at least 4 members (excludes halogenated alkanes) is 6. The van der Waals surface area contributed by atoms with E-state index in [9.17, 15) is 4.79 Å². The van der Waals surface area contributed by atoms with Gasteiger partial charge in [-0.25, -0.2) is 4.79 Å². The molecule has 0 bridgehead atoms. The van der Waals surface area contributed by atoms with Crippen LogP contribution in [0.5, 0.6) is 0 Å². The molecule has 0 spiro atoms. The van der Waals surface area contributed by atoms with Crippen LogP contribution in [0.4, 0.5) is 0 Å². The van der Waals surface area contributed by atoms with Gasteiger partial charge in [-0.1, -0.05) is 72.6 Å². The highest BCUT2D eigenvalue weighted by Gasteiger charge is 2.34. The Morgan fingerprint density at radius 1 is 1.04 bits per heavy atom. The molecule has 1 rings (SSSR count). The Labute approximate surface area is 174 Å². The van der Waals surface area contributed by atoms with Crippen molar-refractivity contribution in [2.75, 3.05) is 0 Å². The number of hydrogen-bond acceptors (Lipinski definition) is 3. The van der Waals surface area contributed by atoms with Gasteiger partial charge >= 0.3 is 5.97 Å². The third-order valence-electron chi connectivity index (χ3n) is 6.21. The first-order chi connectivity index (χ1) is 13.3. The van der Waals surface area contributed by atoms with E-state index in [0.29, 0.717) is 17.8 Å². The first-order valence-electron chi connectivity index (χ1n) is 11.9. The Bertz CT molecular complexity index is 455. The van der Waals surface area contributed by atoms with E-state index in [1.54, 1.807) is 13.2 Å². The van der Waals surface area contributed by atoms with Gasteiger partial charge in [0.2, 0.25) is 0 Å². The first kappa shape index (κ1) is 25.0. The fourth-order valence-electron chi connectivity index (χ4n) is 4.19. The van der Waals surface area contributed by atoms with Crippen LogP contribution in [0.2, 0.25) is 0 Å². The summed E-state index contributed by atoms with van der Waals surface area (Å²) < 4.78 is 11.6. The van der Waals surface area contributed by atoms with E-state index >= 15 is 0 Å². The van der Waals surface area contributed by atoms with E-state index in [0.717, 1.165) is 19.3 Å². The zero-order valence-corrected chi connectivity index (χ0v) is 19.5. The van der Waals surface area contributed by atoms with Crippen molar-refractivity contribution in [3.05, 3.63) is 11.8 Å². The number of ether oxygens (including phenoxy) is 2. The molecule has 4 atom stereocenters.